The lowest BCUT2D eigenvalue weighted by Crippen LogP contribution is -2.21. The van der Waals surface area contributed by atoms with Gasteiger partial charge in [0.25, 0.3) is 0 Å². The Balaban J connectivity index is 2.12. The molecule has 1 unspecified atom stereocenters. The van der Waals surface area contributed by atoms with Gasteiger partial charge in [0.1, 0.15) is 6.10 Å². The van der Waals surface area contributed by atoms with Gasteiger partial charge >= 0.3 is 0 Å². The molecular weight excluding hydrogens is 309 g/mol. The number of aliphatic hydroxyl groups is 1. The van der Waals surface area contributed by atoms with E-state index >= 15 is 0 Å². The fraction of sp³-hybridized carbons (Fsp3) is 0.400. The highest BCUT2D eigenvalue weighted by atomic mass is 35.5. The fourth-order valence-corrected chi connectivity index (χ4v) is 2.51. The van der Waals surface area contributed by atoms with Gasteiger partial charge in [0, 0.05) is 18.0 Å². The minimum Gasteiger partial charge on any atom is -0.386 e. The van der Waals surface area contributed by atoms with E-state index in [0.717, 1.165) is 12.1 Å². The zero-order valence-corrected chi connectivity index (χ0v) is 13.6. The Morgan fingerprint density at radius 3 is 2.52 bits per heavy atom. The quantitative estimate of drug-likeness (QED) is 0.886. The second kappa shape index (κ2) is 7.27. The van der Waals surface area contributed by atoms with Gasteiger partial charge in [-0.05, 0) is 31.8 Å². The number of benzene rings is 1. The Kier molecular flexibility index (Phi) is 5.65. The summed E-state index contributed by atoms with van der Waals surface area (Å²) in [4.78, 5) is 2.06. The summed E-state index contributed by atoms with van der Waals surface area (Å²) >= 11 is 12.0. The van der Waals surface area contributed by atoms with Crippen molar-refractivity contribution in [3.05, 3.63) is 51.8 Å². The van der Waals surface area contributed by atoms with Crippen molar-refractivity contribution in [2.75, 3.05) is 20.6 Å². The molecule has 4 nitrogen and oxygen atoms in total. The van der Waals surface area contributed by atoms with Crippen LogP contribution in [0.1, 0.15) is 17.4 Å². The smallest absolute Gasteiger partial charge is 0.101 e. The third-order valence-electron chi connectivity index (χ3n) is 3.25. The maximum Gasteiger partial charge on any atom is 0.101 e. The van der Waals surface area contributed by atoms with Gasteiger partial charge in [-0.2, -0.15) is 5.10 Å². The molecule has 0 saturated heterocycles. The summed E-state index contributed by atoms with van der Waals surface area (Å²) in [5.74, 6) is 0. The summed E-state index contributed by atoms with van der Waals surface area (Å²) in [5, 5.41) is 15.9. The van der Waals surface area contributed by atoms with Crippen LogP contribution in [0, 0.1) is 0 Å². The van der Waals surface area contributed by atoms with E-state index in [1.54, 1.807) is 10.9 Å². The normalized spacial score (nSPS) is 12.9. The topological polar surface area (TPSA) is 41.3 Å². The molecule has 0 bridgehead atoms. The second-order valence-corrected chi connectivity index (χ2v) is 6.09. The molecule has 2 aromatic rings. The molecular formula is C15H19Cl2N3O. The summed E-state index contributed by atoms with van der Waals surface area (Å²) in [6.07, 6.45) is 1.37. The average molecular weight is 328 g/mol. The van der Waals surface area contributed by atoms with E-state index in [0.29, 0.717) is 28.7 Å². The average Bonchev–Trinajstić information content (AvgIpc) is 2.80. The van der Waals surface area contributed by atoms with Crippen molar-refractivity contribution >= 4 is 23.2 Å². The van der Waals surface area contributed by atoms with Gasteiger partial charge < -0.3 is 10.0 Å². The number of hydrogen-bond acceptors (Lipinski definition) is 3. The third-order valence-corrected chi connectivity index (χ3v) is 3.79. The van der Waals surface area contributed by atoms with E-state index in [4.69, 9.17) is 23.2 Å². The largest absolute Gasteiger partial charge is 0.386 e. The molecule has 0 aliphatic carbocycles. The van der Waals surface area contributed by atoms with Gasteiger partial charge in [0.15, 0.2) is 0 Å². The van der Waals surface area contributed by atoms with Crippen LogP contribution in [0.25, 0.3) is 0 Å². The van der Waals surface area contributed by atoms with E-state index in [1.165, 1.54) is 0 Å². The highest BCUT2D eigenvalue weighted by Gasteiger charge is 2.18. The molecule has 1 heterocycles. The van der Waals surface area contributed by atoms with Crippen molar-refractivity contribution in [2.24, 2.45) is 0 Å². The number of rotatable bonds is 6. The molecule has 0 aliphatic heterocycles. The minimum absolute atomic E-state index is 0.477. The Hall–Kier alpha value is -1.07. The molecule has 114 valence electrons. The second-order valence-electron chi connectivity index (χ2n) is 5.25. The van der Waals surface area contributed by atoms with Crippen molar-refractivity contribution in [1.29, 1.82) is 0 Å². The number of halogens is 2. The maximum atomic E-state index is 10.5. The molecule has 6 heteroatoms. The molecule has 1 N–H and O–H groups in total. The lowest BCUT2D eigenvalue weighted by molar-refractivity contribution is 0.165. The van der Waals surface area contributed by atoms with Crippen molar-refractivity contribution in [1.82, 2.24) is 14.7 Å². The van der Waals surface area contributed by atoms with Gasteiger partial charge in [-0.15, -0.1) is 0 Å². The lowest BCUT2D eigenvalue weighted by Gasteiger charge is -2.16. The van der Waals surface area contributed by atoms with Crippen LogP contribution in [0.15, 0.2) is 30.5 Å². The number of hydrogen-bond donors (Lipinski definition) is 1. The van der Waals surface area contributed by atoms with Gasteiger partial charge in [0.2, 0.25) is 0 Å². The zero-order valence-electron chi connectivity index (χ0n) is 12.1. The SMILES string of the molecule is CN(C)CCn1ncc(Cl)c1C(O)Cc1ccc(Cl)cc1. The molecule has 1 aromatic carbocycles. The Labute approximate surface area is 134 Å². The van der Waals surface area contributed by atoms with Crippen LogP contribution in [0.3, 0.4) is 0 Å². The molecule has 2 rings (SSSR count). The van der Waals surface area contributed by atoms with Crippen LogP contribution in [-0.4, -0.2) is 40.4 Å². The summed E-state index contributed by atoms with van der Waals surface area (Å²) in [7, 11) is 3.99. The molecule has 0 fully saturated rings. The monoisotopic (exact) mass is 327 g/mol. The van der Waals surface area contributed by atoms with Gasteiger partial charge in [-0.3, -0.25) is 4.68 Å². The highest BCUT2D eigenvalue weighted by Crippen LogP contribution is 2.26. The summed E-state index contributed by atoms with van der Waals surface area (Å²) in [6, 6.07) is 7.43. The van der Waals surface area contributed by atoms with Crippen LogP contribution in [-0.2, 0) is 13.0 Å². The standard InChI is InChI=1S/C15H19Cl2N3O/c1-19(2)7-8-20-15(13(17)10-18-20)14(21)9-11-3-5-12(16)6-4-11/h3-6,10,14,21H,7-9H2,1-2H3. The van der Waals surface area contributed by atoms with Crippen LogP contribution < -0.4 is 0 Å². The van der Waals surface area contributed by atoms with Gasteiger partial charge in [-0.25, -0.2) is 0 Å². The predicted molar refractivity (Wildman–Crippen MR) is 85.9 cm³/mol. The van der Waals surface area contributed by atoms with E-state index in [-0.39, 0.29) is 0 Å². The zero-order chi connectivity index (χ0) is 15.4. The van der Waals surface area contributed by atoms with Gasteiger partial charge in [-0.1, -0.05) is 35.3 Å². The van der Waals surface area contributed by atoms with Crippen LogP contribution in [0.5, 0.6) is 0 Å². The van der Waals surface area contributed by atoms with Crippen molar-refractivity contribution in [2.45, 2.75) is 19.1 Å². The molecule has 0 aliphatic rings. The number of nitrogens with zero attached hydrogens (tertiary/aromatic N) is 3. The summed E-state index contributed by atoms with van der Waals surface area (Å²) < 4.78 is 1.77. The van der Waals surface area contributed by atoms with E-state index in [1.807, 2.05) is 38.4 Å². The molecule has 1 atom stereocenters. The summed E-state index contributed by atoms with van der Waals surface area (Å²) in [5.41, 5.74) is 1.66. The van der Waals surface area contributed by atoms with Gasteiger partial charge in [0.05, 0.1) is 23.5 Å². The van der Waals surface area contributed by atoms with E-state index in [9.17, 15) is 5.11 Å². The third kappa shape index (κ3) is 4.45. The molecule has 21 heavy (non-hydrogen) atoms. The van der Waals surface area contributed by atoms with Crippen LogP contribution in [0.4, 0.5) is 0 Å². The van der Waals surface area contributed by atoms with Crippen molar-refractivity contribution in [3.8, 4) is 0 Å². The first-order valence-electron chi connectivity index (χ1n) is 6.76. The first-order valence-corrected chi connectivity index (χ1v) is 7.51. The first-order chi connectivity index (χ1) is 9.97. The summed E-state index contributed by atoms with van der Waals surface area (Å²) in [6.45, 7) is 1.52. The Bertz CT molecular complexity index is 581. The van der Waals surface area contributed by atoms with Crippen molar-refractivity contribution in [3.63, 3.8) is 0 Å². The highest BCUT2D eigenvalue weighted by molar-refractivity contribution is 6.31. The molecule has 0 amide bonds. The predicted octanol–water partition coefficient (Wildman–Crippen LogP) is 3.03. The fourth-order valence-electron chi connectivity index (χ4n) is 2.12. The van der Waals surface area contributed by atoms with E-state index in [2.05, 4.69) is 10.00 Å². The Morgan fingerprint density at radius 2 is 1.90 bits per heavy atom. The molecule has 1 aromatic heterocycles. The Morgan fingerprint density at radius 1 is 1.24 bits per heavy atom. The molecule has 0 saturated carbocycles. The number of aliphatic hydroxyl groups excluding tert-OH is 1. The lowest BCUT2D eigenvalue weighted by atomic mass is 10.1. The first kappa shape index (κ1) is 16.3. The molecule has 0 radical (unpaired) electrons. The maximum absolute atomic E-state index is 10.5. The number of aromatic nitrogens is 2. The van der Waals surface area contributed by atoms with E-state index < -0.39 is 6.10 Å². The van der Waals surface area contributed by atoms with Crippen LogP contribution >= 0.6 is 23.2 Å². The van der Waals surface area contributed by atoms with Crippen LogP contribution in [0.2, 0.25) is 10.0 Å². The van der Waals surface area contributed by atoms with Crippen molar-refractivity contribution < 1.29 is 5.11 Å². The molecule has 0 spiro atoms. The minimum atomic E-state index is -0.691. The number of likely N-dealkylation sites (N-methyl/N-ethyl adjacent to an activating group) is 1.